The van der Waals surface area contributed by atoms with E-state index in [1.165, 1.54) is 0 Å². The zero-order valence-electron chi connectivity index (χ0n) is 8.84. The second-order valence-electron chi connectivity index (χ2n) is 3.64. The standard InChI is InChI=1S/C11H12BrN3O/c1-8(16)11-7-15(14-13-11)6-9-2-4-10(12)5-3-9/h2-5,7-8,16H,6H2,1H3/t8-/m1/s1. The zero-order chi connectivity index (χ0) is 11.5. The van der Waals surface area contributed by atoms with Crippen molar-refractivity contribution in [3.8, 4) is 0 Å². The van der Waals surface area contributed by atoms with Gasteiger partial charge in [0, 0.05) is 4.47 Å². The molecule has 16 heavy (non-hydrogen) atoms. The molecule has 1 aromatic carbocycles. The molecule has 0 radical (unpaired) electrons. The number of hydrogen-bond donors (Lipinski definition) is 1. The number of aliphatic hydroxyl groups excluding tert-OH is 1. The van der Waals surface area contributed by atoms with Crippen LogP contribution in [-0.2, 0) is 6.54 Å². The molecule has 0 unspecified atom stereocenters. The Kier molecular flexibility index (Phi) is 3.36. The number of hydrogen-bond acceptors (Lipinski definition) is 3. The second-order valence-corrected chi connectivity index (χ2v) is 4.56. The van der Waals surface area contributed by atoms with E-state index in [1.807, 2.05) is 24.3 Å². The third-order valence-corrected chi connectivity index (χ3v) is 2.77. The second kappa shape index (κ2) is 4.76. The smallest absolute Gasteiger partial charge is 0.111 e. The SMILES string of the molecule is C[C@@H](O)c1cn(Cc2ccc(Br)cc2)nn1. The van der Waals surface area contributed by atoms with E-state index in [9.17, 15) is 5.11 Å². The molecule has 0 bridgehead atoms. The molecular weight excluding hydrogens is 270 g/mol. The highest BCUT2D eigenvalue weighted by Gasteiger charge is 2.06. The van der Waals surface area contributed by atoms with Crippen molar-refractivity contribution in [1.82, 2.24) is 15.0 Å². The van der Waals surface area contributed by atoms with Gasteiger partial charge in [-0.2, -0.15) is 0 Å². The van der Waals surface area contributed by atoms with Gasteiger partial charge in [0.2, 0.25) is 0 Å². The van der Waals surface area contributed by atoms with Crippen LogP contribution in [0.2, 0.25) is 0 Å². The molecule has 0 fully saturated rings. The fraction of sp³-hybridized carbons (Fsp3) is 0.273. The topological polar surface area (TPSA) is 50.9 Å². The number of benzene rings is 1. The summed E-state index contributed by atoms with van der Waals surface area (Å²) >= 11 is 3.39. The first-order chi connectivity index (χ1) is 7.65. The van der Waals surface area contributed by atoms with Gasteiger partial charge in [0.15, 0.2) is 0 Å². The van der Waals surface area contributed by atoms with Crippen molar-refractivity contribution >= 4 is 15.9 Å². The third kappa shape index (κ3) is 2.68. The summed E-state index contributed by atoms with van der Waals surface area (Å²) in [5.74, 6) is 0. The predicted octanol–water partition coefficient (Wildman–Crippen LogP) is 2.14. The van der Waals surface area contributed by atoms with Gasteiger partial charge in [-0.25, -0.2) is 4.68 Å². The molecule has 0 saturated heterocycles. The van der Waals surface area contributed by atoms with Crippen LogP contribution in [0.5, 0.6) is 0 Å². The highest BCUT2D eigenvalue weighted by molar-refractivity contribution is 9.10. The van der Waals surface area contributed by atoms with Gasteiger partial charge in [0.05, 0.1) is 18.8 Å². The molecule has 1 atom stereocenters. The summed E-state index contributed by atoms with van der Waals surface area (Å²) in [6, 6.07) is 8.02. The van der Waals surface area contributed by atoms with Crippen LogP contribution in [0, 0.1) is 0 Å². The lowest BCUT2D eigenvalue weighted by Crippen LogP contribution is -2.00. The molecule has 1 aromatic heterocycles. The monoisotopic (exact) mass is 281 g/mol. The quantitative estimate of drug-likeness (QED) is 0.938. The van der Waals surface area contributed by atoms with Crippen LogP contribution in [0.3, 0.4) is 0 Å². The van der Waals surface area contributed by atoms with Crippen molar-refractivity contribution in [1.29, 1.82) is 0 Å². The Labute approximate surface area is 102 Å². The van der Waals surface area contributed by atoms with E-state index in [-0.39, 0.29) is 0 Å². The van der Waals surface area contributed by atoms with E-state index in [4.69, 9.17) is 0 Å². The first-order valence-electron chi connectivity index (χ1n) is 4.97. The summed E-state index contributed by atoms with van der Waals surface area (Å²) in [4.78, 5) is 0. The molecule has 0 aliphatic heterocycles. The summed E-state index contributed by atoms with van der Waals surface area (Å²) in [6.07, 6.45) is 1.19. The van der Waals surface area contributed by atoms with Crippen molar-refractivity contribution in [2.75, 3.05) is 0 Å². The van der Waals surface area contributed by atoms with Gasteiger partial charge in [0.25, 0.3) is 0 Å². The average Bonchev–Trinajstić information content (AvgIpc) is 2.70. The molecule has 0 aliphatic rings. The number of nitrogens with zero attached hydrogens (tertiary/aromatic N) is 3. The molecule has 0 amide bonds. The lowest BCUT2D eigenvalue weighted by Gasteiger charge is -2.00. The molecule has 0 saturated carbocycles. The van der Waals surface area contributed by atoms with E-state index in [0.29, 0.717) is 12.2 Å². The maximum atomic E-state index is 9.32. The fourth-order valence-corrected chi connectivity index (χ4v) is 1.62. The van der Waals surface area contributed by atoms with Crippen LogP contribution < -0.4 is 0 Å². The minimum atomic E-state index is -0.571. The van der Waals surface area contributed by atoms with E-state index >= 15 is 0 Å². The Hall–Kier alpha value is -1.20. The van der Waals surface area contributed by atoms with Crippen LogP contribution in [0.25, 0.3) is 0 Å². The molecule has 2 aromatic rings. The van der Waals surface area contributed by atoms with Crippen molar-refractivity contribution in [3.63, 3.8) is 0 Å². The minimum absolute atomic E-state index is 0.571. The van der Waals surface area contributed by atoms with Crippen molar-refractivity contribution in [2.45, 2.75) is 19.6 Å². The number of aliphatic hydroxyl groups is 1. The van der Waals surface area contributed by atoms with Crippen LogP contribution in [-0.4, -0.2) is 20.1 Å². The van der Waals surface area contributed by atoms with Gasteiger partial charge in [-0.3, -0.25) is 0 Å². The summed E-state index contributed by atoms with van der Waals surface area (Å²) in [5.41, 5.74) is 1.74. The van der Waals surface area contributed by atoms with Gasteiger partial charge < -0.3 is 5.11 Å². The highest BCUT2D eigenvalue weighted by atomic mass is 79.9. The molecule has 1 heterocycles. The molecule has 0 spiro atoms. The summed E-state index contributed by atoms with van der Waals surface area (Å²) in [5, 5.41) is 17.2. The zero-order valence-corrected chi connectivity index (χ0v) is 10.4. The summed E-state index contributed by atoms with van der Waals surface area (Å²) < 4.78 is 2.77. The van der Waals surface area contributed by atoms with Crippen molar-refractivity contribution in [3.05, 3.63) is 46.2 Å². The van der Waals surface area contributed by atoms with Gasteiger partial charge in [-0.05, 0) is 24.6 Å². The lowest BCUT2D eigenvalue weighted by atomic mass is 10.2. The molecule has 1 N–H and O–H groups in total. The Bertz CT molecular complexity index is 464. The number of halogens is 1. The van der Waals surface area contributed by atoms with Crippen LogP contribution in [0.1, 0.15) is 24.3 Å². The minimum Gasteiger partial charge on any atom is -0.387 e. The van der Waals surface area contributed by atoms with Crippen molar-refractivity contribution < 1.29 is 5.11 Å². The Balaban J connectivity index is 2.11. The van der Waals surface area contributed by atoms with E-state index < -0.39 is 6.10 Å². The third-order valence-electron chi connectivity index (χ3n) is 2.24. The number of rotatable bonds is 3. The van der Waals surface area contributed by atoms with Gasteiger partial charge in [0.1, 0.15) is 5.69 Å². The van der Waals surface area contributed by atoms with Gasteiger partial charge in [-0.1, -0.05) is 33.3 Å². The molecule has 0 aliphatic carbocycles. The molecule has 2 rings (SSSR count). The highest BCUT2D eigenvalue weighted by Crippen LogP contribution is 2.12. The average molecular weight is 282 g/mol. The maximum Gasteiger partial charge on any atom is 0.111 e. The Morgan fingerprint density at radius 2 is 2.06 bits per heavy atom. The first kappa shape index (κ1) is 11.3. The van der Waals surface area contributed by atoms with Crippen LogP contribution in [0.4, 0.5) is 0 Å². The van der Waals surface area contributed by atoms with Gasteiger partial charge >= 0.3 is 0 Å². The Morgan fingerprint density at radius 1 is 1.38 bits per heavy atom. The van der Waals surface area contributed by atoms with E-state index in [2.05, 4.69) is 26.2 Å². The lowest BCUT2D eigenvalue weighted by molar-refractivity contribution is 0.194. The maximum absolute atomic E-state index is 9.32. The number of aromatic nitrogens is 3. The molecular formula is C11H12BrN3O. The predicted molar refractivity (Wildman–Crippen MR) is 63.9 cm³/mol. The largest absolute Gasteiger partial charge is 0.387 e. The molecule has 5 heteroatoms. The normalized spacial score (nSPS) is 12.7. The summed E-state index contributed by atoms with van der Waals surface area (Å²) in [6.45, 7) is 2.33. The van der Waals surface area contributed by atoms with Gasteiger partial charge in [-0.15, -0.1) is 5.10 Å². The first-order valence-corrected chi connectivity index (χ1v) is 5.77. The van der Waals surface area contributed by atoms with E-state index in [1.54, 1.807) is 17.8 Å². The van der Waals surface area contributed by atoms with E-state index in [0.717, 1.165) is 10.0 Å². The van der Waals surface area contributed by atoms with Crippen LogP contribution >= 0.6 is 15.9 Å². The van der Waals surface area contributed by atoms with Crippen LogP contribution in [0.15, 0.2) is 34.9 Å². The Morgan fingerprint density at radius 3 is 2.62 bits per heavy atom. The fourth-order valence-electron chi connectivity index (χ4n) is 1.36. The molecule has 84 valence electrons. The molecule has 4 nitrogen and oxygen atoms in total. The van der Waals surface area contributed by atoms with Crippen molar-refractivity contribution in [2.24, 2.45) is 0 Å². The summed E-state index contributed by atoms with van der Waals surface area (Å²) in [7, 11) is 0.